The Hall–Kier alpha value is -0.0300. The molecule has 0 aromatic heterocycles. The molecule has 0 aliphatic heterocycles. The molecule has 0 amide bonds. The first-order valence-electron chi connectivity index (χ1n) is 3.28. The molecule has 0 aliphatic carbocycles. The van der Waals surface area contributed by atoms with E-state index < -0.39 is 0 Å². The minimum atomic E-state index is 0.608. The first-order valence-corrected chi connectivity index (χ1v) is 4.20. The largest absolute Gasteiger partial charge is 0.198 e. The van der Waals surface area contributed by atoms with Crippen molar-refractivity contribution >= 4 is 15.9 Å². The maximum atomic E-state index is 8.17. The summed E-state index contributed by atoms with van der Waals surface area (Å²) in [5, 5.41) is 8.17. The molecular weight excluding hydrogens is 178 g/mol. The van der Waals surface area contributed by atoms with Crippen molar-refractivity contribution in [3.05, 3.63) is 0 Å². The third-order valence-corrected chi connectivity index (χ3v) is 1.60. The van der Waals surface area contributed by atoms with Crippen LogP contribution in [0.3, 0.4) is 0 Å². The van der Waals surface area contributed by atoms with Gasteiger partial charge in [0.1, 0.15) is 0 Å². The lowest BCUT2D eigenvalue weighted by molar-refractivity contribution is 0.692. The molecule has 9 heavy (non-hydrogen) atoms. The fraction of sp³-hybridized carbons (Fsp3) is 0.857. The van der Waals surface area contributed by atoms with Crippen molar-refractivity contribution in [2.75, 3.05) is 0 Å². The SMILES string of the molecule is CC(Br)CCCCC#N. The molecule has 0 saturated carbocycles. The zero-order valence-electron chi connectivity index (χ0n) is 5.73. The Morgan fingerprint density at radius 1 is 1.56 bits per heavy atom. The van der Waals surface area contributed by atoms with Gasteiger partial charge in [0.05, 0.1) is 6.07 Å². The van der Waals surface area contributed by atoms with Gasteiger partial charge in [0.25, 0.3) is 0 Å². The summed E-state index contributed by atoms with van der Waals surface area (Å²) < 4.78 is 0. The third kappa shape index (κ3) is 7.97. The number of nitriles is 1. The van der Waals surface area contributed by atoms with Crippen LogP contribution in [-0.2, 0) is 0 Å². The predicted molar refractivity (Wildman–Crippen MR) is 42.5 cm³/mol. The number of hydrogen-bond donors (Lipinski definition) is 0. The second kappa shape index (κ2) is 6.10. The van der Waals surface area contributed by atoms with Crippen molar-refractivity contribution < 1.29 is 0 Å². The van der Waals surface area contributed by atoms with Gasteiger partial charge in [-0.1, -0.05) is 29.3 Å². The third-order valence-electron chi connectivity index (χ3n) is 1.14. The van der Waals surface area contributed by atoms with Crippen LogP contribution in [0.5, 0.6) is 0 Å². The van der Waals surface area contributed by atoms with E-state index in [-0.39, 0.29) is 0 Å². The highest BCUT2D eigenvalue weighted by atomic mass is 79.9. The van der Waals surface area contributed by atoms with E-state index in [2.05, 4.69) is 28.9 Å². The van der Waals surface area contributed by atoms with Crippen LogP contribution in [0.25, 0.3) is 0 Å². The highest BCUT2D eigenvalue weighted by Crippen LogP contribution is 2.08. The highest BCUT2D eigenvalue weighted by Gasteiger charge is 1.93. The summed E-state index contributed by atoms with van der Waals surface area (Å²) in [5.41, 5.74) is 0. The zero-order valence-corrected chi connectivity index (χ0v) is 7.32. The number of halogens is 1. The smallest absolute Gasteiger partial charge is 0.0621 e. The molecule has 1 atom stereocenters. The number of alkyl halides is 1. The Morgan fingerprint density at radius 3 is 2.67 bits per heavy atom. The molecule has 0 fully saturated rings. The van der Waals surface area contributed by atoms with Gasteiger partial charge < -0.3 is 0 Å². The van der Waals surface area contributed by atoms with Crippen molar-refractivity contribution in [1.29, 1.82) is 5.26 Å². The number of unbranched alkanes of at least 4 members (excludes halogenated alkanes) is 2. The maximum absolute atomic E-state index is 8.17. The molecule has 2 heteroatoms. The Bertz CT molecular complexity index is 93.6. The lowest BCUT2D eigenvalue weighted by Gasteiger charge is -1.98. The monoisotopic (exact) mass is 189 g/mol. The standard InChI is InChI=1S/C7H12BrN/c1-7(8)5-3-2-4-6-9/h7H,2-5H2,1H3. The second-order valence-electron chi connectivity index (χ2n) is 2.18. The molecule has 0 aliphatic rings. The quantitative estimate of drug-likeness (QED) is 0.493. The summed E-state index contributed by atoms with van der Waals surface area (Å²) in [6.45, 7) is 2.13. The maximum Gasteiger partial charge on any atom is 0.0621 e. The summed E-state index contributed by atoms with van der Waals surface area (Å²) >= 11 is 3.44. The molecule has 0 spiro atoms. The van der Waals surface area contributed by atoms with E-state index in [9.17, 15) is 0 Å². The van der Waals surface area contributed by atoms with Crippen LogP contribution in [0.2, 0.25) is 0 Å². The van der Waals surface area contributed by atoms with E-state index in [0.29, 0.717) is 11.2 Å². The second-order valence-corrected chi connectivity index (χ2v) is 3.75. The lowest BCUT2D eigenvalue weighted by Crippen LogP contribution is -1.88. The summed E-state index contributed by atoms with van der Waals surface area (Å²) in [5.74, 6) is 0. The van der Waals surface area contributed by atoms with Gasteiger partial charge in [-0.05, 0) is 12.8 Å². The summed E-state index contributed by atoms with van der Waals surface area (Å²) in [4.78, 5) is 0.608. The van der Waals surface area contributed by atoms with Crippen LogP contribution in [0.1, 0.15) is 32.6 Å². The van der Waals surface area contributed by atoms with Gasteiger partial charge in [-0.25, -0.2) is 0 Å². The molecule has 0 N–H and O–H groups in total. The molecule has 1 unspecified atom stereocenters. The van der Waals surface area contributed by atoms with E-state index in [0.717, 1.165) is 6.42 Å². The van der Waals surface area contributed by atoms with Gasteiger partial charge in [-0.15, -0.1) is 0 Å². The molecule has 0 heterocycles. The normalized spacial score (nSPS) is 12.6. The van der Waals surface area contributed by atoms with Crippen LogP contribution in [-0.4, -0.2) is 4.83 Å². The summed E-state index contributed by atoms with van der Waals surface area (Å²) in [6, 6.07) is 2.13. The number of hydrogen-bond acceptors (Lipinski definition) is 1. The van der Waals surface area contributed by atoms with Gasteiger partial charge in [-0.2, -0.15) is 5.26 Å². The van der Waals surface area contributed by atoms with E-state index in [1.807, 2.05) is 0 Å². The van der Waals surface area contributed by atoms with Crippen LogP contribution < -0.4 is 0 Å². The van der Waals surface area contributed by atoms with Crippen LogP contribution in [0.4, 0.5) is 0 Å². The van der Waals surface area contributed by atoms with E-state index in [4.69, 9.17) is 5.26 Å². The van der Waals surface area contributed by atoms with Crippen molar-refractivity contribution in [2.24, 2.45) is 0 Å². The van der Waals surface area contributed by atoms with Gasteiger partial charge in [0.2, 0.25) is 0 Å². The van der Waals surface area contributed by atoms with Crippen LogP contribution in [0.15, 0.2) is 0 Å². The van der Waals surface area contributed by atoms with E-state index >= 15 is 0 Å². The van der Waals surface area contributed by atoms with Gasteiger partial charge in [-0.3, -0.25) is 0 Å². The van der Waals surface area contributed by atoms with Gasteiger partial charge >= 0.3 is 0 Å². The van der Waals surface area contributed by atoms with Crippen molar-refractivity contribution in [3.8, 4) is 6.07 Å². The minimum absolute atomic E-state index is 0.608. The molecular formula is C7H12BrN. The molecule has 1 nitrogen and oxygen atoms in total. The van der Waals surface area contributed by atoms with Crippen molar-refractivity contribution in [3.63, 3.8) is 0 Å². The Kier molecular flexibility index (Phi) is 6.08. The molecule has 0 aromatic carbocycles. The molecule has 52 valence electrons. The van der Waals surface area contributed by atoms with Crippen LogP contribution in [0, 0.1) is 11.3 Å². The van der Waals surface area contributed by atoms with Crippen LogP contribution >= 0.6 is 15.9 Å². The molecule has 0 rings (SSSR count). The first kappa shape index (κ1) is 8.97. The van der Waals surface area contributed by atoms with Gasteiger partial charge in [0.15, 0.2) is 0 Å². The molecule has 0 aromatic rings. The molecule has 0 bridgehead atoms. The van der Waals surface area contributed by atoms with Gasteiger partial charge in [0, 0.05) is 11.2 Å². The minimum Gasteiger partial charge on any atom is -0.198 e. The fourth-order valence-corrected chi connectivity index (χ4v) is 0.953. The predicted octanol–water partition coefficient (Wildman–Crippen LogP) is 2.85. The Balaban J connectivity index is 2.85. The van der Waals surface area contributed by atoms with Crippen molar-refractivity contribution in [1.82, 2.24) is 0 Å². The first-order chi connectivity index (χ1) is 4.27. The topological polar surface area (TPSA) is 23.8 Å². The average molecular weight is 190 g/mol. The lowest BCUT2D eigenvalue weighted by atomic mass is 10.2. The van der Waals surface area contributed by atoms with E-state index in [1.54, 1.807) is 0 Å². The molecule has 0 saturated heterocycles. The van der Waals surface area contributed by atoms with E-state index in [1.165, 1.54) is 12.8 Å². The summed E-state index contributed by atoms with van der Waals surface area (Å²) in [7, 11) is 0. The highest BCUT2D eigenvalue weighted by molar-refractivity contribution is 9.09. The van der Waals surface area contributed by atoms with Crippen molar-refractivity contribution in [2.45, 2.75) is 37.4 Å². The molecule has 0 radical (unpaired) electrons. The fourth-order valence-electron chi connectivity index (χ4n) is 0.630. The number of nitrogens with zero attached hydrogens (tertiary/aromatic N) is 1. The Morgan fingerprint density at radius 2 is 2.22 bits per heavy atom. The zero-order chi connectivity index (χ0) is 7.11. The number of rotatable bonds is 4. The summed E-state index contributed by atoms with van der Waals surface area (Å²) in [6.07, 6.45) is 4.10. The Labute approximate surface area is 65.2 Å². The average Bonchev–Trinajstić information content (AvgIpc) is 1.80.